The number of hydrogen-bond acceptors (Lipinski definition) is 6. The summed E-state index contributed by atoms with van der Waals surface area (Å²) in [6.45, 7) is -0.600. The van der Waals surface area contributed by atoms with Gasteiger partial charge in [-0.1, -0.05) is 30.3 Å². The van der Waals surface area contributed by atoms with Crippen molar-refractivity contribution in [2.24, 2.45) is 5.10 Å². The standard InChI is InChI=1S/C18H14F3N3O4/c19-18(20,21)16-10-17(26,13-6-8-14(9-7-13)24(27)28)23(22-16)11-15(25)12-4-2-1-3-5-12/h1-9,26H,10-11H2. The minimum Gasteiger partial charge on any atom is -0.365 e. The molecule has 0 saturated heterocycles. The second-order valence-electron chi connectivity index (χ2n) is 6.19. The Hall–Kier alpha value is -3.27. The molecule has 1 aliphatic heterocycles. The first-order chi connectivity index (χ1) is 13.1. The zero-order valence-corrected chi connectivity index (χ0v) is 14.3. The Morgan fingerprint density at radius 2 is 1.79 bits per heavy atom. The molecule has 0 bridgehead atoms. The van der Waals surface area contributed by atoms with Gasteiger partial charge in [-0.05, 0) is 12.1 Å². The molecule has 1 unspecified atom stereocenters. The van der Waals surface area contributed by atoms with Crippen molar-refractivity contribution in [1.82, 2.24) is 5.01 Å². The Morgan fingerprint density at radius 1 is 1.18 bits per heavy atom. The van der Waals surface area contributed by atoms with Crippen LogP contribution in [0.3, 0.4) is 0 Å². The van der Waals surface area contributed by atoms with E-state index in [1.807, 2.05) is 0 Å². The van der Waals surface area contributed by atoms with Gasteiger partial charge in [0.25, 0.3) is 5.69 Å². The first-order valence-corrected chi connectivity index (χ1v) is 8.09. The highest BCUT2D eigenvalue weighted by atomic mass is 19.4. The third-order valence-corrected chi connectivity index (χ3v) is 4.34. The van der Waals surface area contributed by atoms with E-state index in [0.717, 1.165) is 24.3 Å². The number of carbonyl (C=O) groups is 1. The largest absolute Gasteiger partial charge is 0.431 e. The summed E-state index contributed by atoms with van der Waals surface area (Å²) in [4.78, 5) is 22.5. The van der Waals surface area contributed by atoms with Crippen LogP contribution in [0.4, 0.5) is 18.9 Å². The summed E-state index contributed by atoms with van der Waals surface area (Å²) in [5.74, 6) is -0.534. The molecule has 0 fully saturated rings. The molecule has 0 aromatic heterocycles. The summed E-state index contributed by atoms with van der Waals surface area (Å²) in [7, 11) is 0. The molecule has 10 heteroatoms. The lowest BCUT2D eigenvalue weighted by Crippen LogP contribution is -2.42. The third-order valence-electron chi connectivity index (χ3n) is 4.34. The molecule has 0 saturated carbocycles. The number of nitro groups is 1. The predicted molar refractivity (Wildman–Crippen MR) is 92.6 cm³/mol. The van der Waals surface area contributed by atoms with E-state index in [2.05, 4.69) is 5.10 Å². The molecule has 3 rings (SSSR count). The summed E-state index contributed by atoms with van der Waals surface area (Å²) in [6.07, 6.45) is -5.70. The highest BCUT2D eigenvalue weighted by Crippen LogP contribution is 2.40. The molecule has 146 valence electrons. The molecular weight excluding hydrogens is 379 g/mol. The number of aliphatic hydroxyl groups is 1. The maximum atomic E-state index is 13.2. The molecule has 2 aromatic carbocycles. The summed E-state index contributed by atoms with van der Waals surface area (Å²) in [5.41, 5.74) is -3.57. The van der Waals surface area contributed by atoms with E-state index < -0.39 is 41.3 Å². The van der Waals surface area contributed by atoms with E-state index in [1.54, 1.807) is 18.2 Å². The van der Waals surface area contributed by atoms with Crippen molar-refractivity contribution in [3.63, 3.8) is 0 Å². The predicted octanol–water partition coefficient (Wildman–Crippen LogP) is 3.25. The van der Waals surface area contributed by atoms with Gasteiger partial charge in [-0.3, -0.25) is 19.9 Å². The number of rotatable bonds is 5. The van der Waals surface area contributed by atoms with Gasteiger partial charge in [0, 0.05) is 23.3 Å². The van der Waals surface area contributed by atoms with Crippen LogP contribution in [0, 0.1) is 10.1 Å². The zero-order chi connectivity index (χ0) is 20.5. The number of benzene rings is 2. The van der Waals surface area contributed by atoms with E-state index in [9.17, 15) is 33.2 Å². The molecular formula is C18H14F3N3O4. The van der Waals surface area contributed by atoms with Crippen molar-refractivity contribution in [2.75, 3.05) is 6.54 Å². The van der Waals surface area contributed by atoms with Gasteiger partial charge in [0.2, 0.25) is 0 Å². The Morgan fingerprint density at radius 3 is 2.32 bits per heavy atom. The van der Waals surface area contributed by atoms with Gasteiger partial charge >= 0.3 is 6.18 Å². The van der Waals surface area contributed by atoms with Crippen LogP contribution in [0.5, 0.6) is 0 Å². The van der Waals surface area contributed by atoms with Crippen LogP contribution < -0.4 is 0 Å². The fourth-order valence-corrected chi connectivity index (χ4v) is 2.86. The quantitative estimate of drug-likeness (QED) is 0.478. The Labute approximate surface area is 156 Å². The Balaban J connectivity index is 1.95. The number of nitro benzene ring substituents is 1. The molecule has 1 atom stereocenters. The average molecular weight is 393 g/mol. The SMILES string of the molecule is O=C(CN1N=C(C(F)(F)F)CC1(O)c1ccc([N+](=O)[O-])cc1)c1ccccc1. The smallest absolute Gasteiger partial charge is 0.365 e. The lowest BCUT2D eigenvalue weighted by atomic mass is 9.96. The molecule has 1 N–H and O–H groups in total. The van der Waals surface area contributed by atoms with Crippen LogP contribution in [0.1, 0.15) is 22.3 Å². The van der Waals surface area contributed by atoms with Crippen LogP contribution in [-0.2, 0) is 5.72 Å². The minimum atomic E-state index is -4.79. The lowest BCUT2D eigenvalue weighted by Gasteiger charge is -2.32. The van der Waals surface area contributed by atoms with Gasteiger partial charge in [-0.2, -0.15) is 18.3 Å². The van der Waals surface area contributed by atoms with Crippen LogP contribution in [0.25, 0.3) is 0 Å². The Kier molecular flexibility index (Phi) is 4.90. The van der Waals surface area contributed by atoms with E-state index >= 15 is 0 Å². The first-order valence-electron chi connectivity index (χ1n) is 8.09. The summed E-state index contributed by atoms with van der Waals surface area (Å²) < 4.78 is 39.5. The van der Waals surface area contributed by atoms with Crippen molar-refractivity contribution in [3.05, 3.63) is 75.8 Å². The number of alkyl halides is 3. The molecule has 0 radical (unpaired) electrons. The molecule has 2 aromatic rings. The lowest BCUT2D eigenvalue weighted by molar-refractivity contribution is -0.384. The number of nitrogens with zero attached hydrogens (tertiary/aromatic N) is 3. The van der Waals surface area contributed by atoms with Crippen molar-refractivity contribution < 1.29 is 28.0 Å². The van der Waals surface area contributed by atoms with Gasteiger partial charge < -0.3 is 5.11 Å². The molecule has 7 nitrogen and oxygen atoms in total. The van der Waals surface area contributed by atoms with Crippen LogP contribution in [0.2, 0.25) is 0 Å². The normalized spacial score (nSPS) is 19.4. The molecule has 0 amide bonds. The average Bonchev–Trinajstić information content (AvgIpc) is 3.00. The van der Waals surface area contributed by atoms with E-state index in [-0.39, 0.29) is 16.8 Å². The number of hydrogen-bond donors (Lipinski definition) is 1. The van der Waals surface area contributed by atoms with Gasteiger partial charge in [-0.15, -0.1) is 0 Å². The Bertz CT molecular complexity index is 929. The highest BCUT2D eigenvalue weighted by Gasteiger charge is 2.51. The van der Waals surface area contributed by atoms with Crippen LogP contribution >= 0.6 is 0 Å². The van der Waals surface area contributed by atoms with Crippen molar-refractivity contribution in [2.45, 2.75) is 18.3 Å². The van der Waals surface area contributed by atoms with Gasteiger partial charge in [0.05, 0.1) is 11.3 Å². The first kappa shape index (κ1) is 19.5. The van der Waals surface area contributed by atoms with Crippen molar-refractivity contribution in [3.8, 4) is 0 Å². The highest BCUT2D eigenvalue weighted by molar-refractivity contribution is 5.98. The maximum absolute atomic E-state index is 13.2. The maximum Gasteiger partial charge on any atom is 0.431 e. The van der Waals surface area contributed by atoms with E-state index in [1.165, 1.54) is 12.1 Å². The molecule has 28 heavy (non-hydrogen) atoms. The number of Topliss-reactive ketones (excluding diaryl/α,β-unsaturated/α-hetero) is 1. The monoisotopic (exact) mass is 393 g/mol. The summed E-state index contributed by atoms with van der Waals surface area (Å²) in [5, 5.41) is 25.9. The van der Waals surface area contributed by atoms with Crippen LogP contribution in [-0.4, -0.2) is 39.3 Å². The van der Waals surface area contributed by atoms with E-state index in [0.29, 0.717) is 5.01 Å². The summed E-state index contributed by atoms with van der Waals surface area (Å²) in [6, 6.07) is 12.3. The second kappa shape index (κ2) is 7.04. The molecule has 0 aliphatic carbocycles. The van der Waals surface area contributed by atoms with Crippen molar-refractivity contribution in [1.29, 1.82) is 0 Å². The van der Waals surface area contributed by atoms with Gasteiger partial charge in [0.1, 0.15) is 12.3 Å². The zero-order valence-electron chi connectivity index (χ0n) is 14.3. The van der Waals surface area contributed by atoms with E-state index in [4.69, 9.17) is 0 Å². The minimum absolute atomic E-state index is 0.0399. The van der Waals surface area contributed by atoms with Crippen LogP contribution in [0.15, 0.2) is 59.7 Å². The molecule has 1 heterocycles. The second-order valence-corrected chi connectivity index (χ2v) is 6.19. The summed E-state index contributed by atoms with van der Waals surface area (Å²) >= 11 is 0. The molecule has 1 aliphatic rings. The van der Waals surface area contributed by atoms with Crippen molar-refractivity contribution >= 4 is 17.2 Å². The van der Waals surface area contributed by atoms with Gasteiger partial charge in [-0.25, -0.2) is 0 Å². The van der Waals surface area contributed by atoms with Gasteiger partial charge in [0.15, 0.2) is 11.5 Å². The fraction of sp³-hybridized carbons (Fsp3) is 0.222. The molecule has 0 spiro atoms. The third kappa shape index (κ3) is 3.72. The number of hydrazone groups is 1. The fourth-order valence-electron chi connectivity index (χ4n) is 2.86. The topological polar surface area (TPSA) is 96.0 Å². The number of carbonyl (C=O) groups excluding carboxylic acids is 1. The number of non-ortho nitro benzene ring substituents is 1. The number of ketones is 1. The number of halogens is 3.